The van der Waals surface area contributed by atoms with E-state index in [2.05, 4.69) is 10.2 Å². The van der Waals surface area contributed by atoms with E-state index in [0.717, 1.165) is 22.4 Å². The van der Waals surface area contributed by atoms with Crippen molar-refractivity contribution in [2.45, 2.75) is 33.9 Å². The standard InChI is InChI=1S/C38H54N6O8/c1-29-6-5-9-33(31(29)3)39-35(45)27-42-12-18-51-24-22-49-16-10-41(11-17-50-23-25-52-19-13-42)26-34-40-37-30(2)7-4-8-32(37)38(47)44(34)28-36(46)43-14-20-48-21-15-43/h4-9H,10-28H2,1-3H3,(H,39,45). The van der Waals surface area contributed by atoms with Crippen LogP contribution >= 0.6 is 0 Å². The minimum Gasteiger partial charge on any atom is -0.378 e. The molecular weight excluding hydrogens is 668 g/mol. The Morgan fingerprint density at radius 2 is 1.21 bits per heavy atom. The van der Waals surface area contributed by atoms with Gasteiger partial charge in [0.25, 0.3) is 5.56 Å². The predicted molar refractivity (Wildman–Crippen MR) is 198 cm³/mol. The molecule has 14 nitrogen and oxygen atoms in total. The second-order valence-corrected chi connectivity index (χ2v) is 13.2. The summed E-state index contributed by atoms with van der Waals surface area (Å²) in [6.45, 7) is 14.1. The number of nitrogens with one attached hydrogen (secondary N) is 1. The monoisotopic (exact) mass is 722 g/mol. The Bertz CT molecular complexity index is 1660. The van der Waals surface area contributed by atoms with Crippen LogP contribution in [0.1, 0.15) is 22.5 Å². The first kappa shape index (κ1) is 39.4. The molecule has 14 heteroatoms. The maximum absolute atomic E-state index is 13.8. The Labute approximate surface area is 305 Å². The van der Waals surface area contributed by atoms with Gasteiger partial charge in [-0.1, -0.05) is 24.3 Å². The Hall–Kier alpha value is -3.76. The molecule has 2 aromatic carbocycles. The first-order valence-corrected chi connectivity index (χ1v) is 18.3. The van der Waals surface area contributed by atoms with Gasteiger partial charge >= 0.3 is 0 Å². The van der Waals surface area contributed by atoms with E-state index in [9.17, 15) is 14.4 Å². The maximum atomic E-state index is 13.8. The lowest BCUT2D eigenvalue weighted by molar-refractivity contribution is -0.136. The molecule has 2 fully saturated rings. The second-order valence-electron chi connectivity index (χ2n) is 13.2. The summed E-state index contributed by atoms with van der Waals surface area (Å²) < 4.78 is 30.6. The molecule has 0 atom stereocenters. The summed E-state index contributed by atoms with van der Waals surface area (Å²) in [5.74, 6) is 0.312. The van der Waals surface area contributed by atoms with Gasteiger partial charge in [0.15, 0.2) is 0 Å². The van der Waals surface area contributed by atoms with Gasteiger partial charge in [0.1, 0.15) is 12.4 Å². The number of ether oxygens (including phenoxy) is 5. The molecule has 3 aromatic rings. The van der Waals surface area contributed by atoms with Gasteiger partial charge in [0.05, 0.1) is 90.1 Å². The van der Waals surface area contributed by atoms with Crippen molar-refractivity contribution in [3.8, 4) is 0 Å². The first-order valence-electron chi connectivity index (χ1n) is 18.3. The van der Waals surface area contributed by atoms with Crippen LogP contribution in [0.2, 0.25) is 0 Å². The van der Waals surface area contributed by atoms with Crippen LogP contribution in [0.4, 0.5) is 5.69 Å². The summed E-state index contributed by atoms with van der Waals surface area (Å²) in [5.41, 5.74) is 4.32. The van der Waals surface area contributed by atoms with Crippen molar-refractivity contribution in [1.82, 2.24) is 24.3 Å². The molecule has 0 aliphatic carbocycles. The van der Waals surface area contributed by atoms with Crippen LogP contribution in [-0.4, -0.2) is 148 Å². The van der Waals surface area contributed by atoms with E-state index >= 15 is 0 Å². The number of benzene rings is 2. The summed E-state index contributed by atoms with van der Waals surface area (Å²) in [5, 5.41) is 3.53. The number of fused-ring (bicyclic) bond motifs is 1. The fraction of sp³-hybridized carbons (Fsp3) is 0.579. The number of hydrogen-bond acceptors (Lipinski definition) is 11. The summed E-state index contributed by atoms with van der Waals surface area (Å²) in [7, 11) is 0. The lowest BCUT2D eigenvalue weighted by Crippen LogP contribution is -2.44. The molecule has 2 amide bonds. The molecule has 0 radical (unpaired) electrons. The fourth-order valence-corrected chi connectivity index (χ4v) is 6.20. The number of carbonyl (C=O) groups is 2. The Morgan fingerprint density at radius 3 is 1.85 bits per heavy atom. The zero-order chi connectivity index (χ0) is 36.7. The number of para-hydroxylation sites is 1. The highest BCUT2D eigenvalue weighted by molar-refractivity contribution is 5.93. The van der Waals surface area contributed by atoms with Crippen molar-refractivity contribution in [3.05, 3.63) is 69.3 Å². The number of aryl methyl sites for hydroxylation is 2. The van der Waals surface area contributed by atoms with E-state index in [4.69, 9.17) is 28.7 Å². The van der Waals surface area contributed by atoms with Crippen molar-refractivity contribution in [2.24, 2.45) is 0 Å². The first-order chi connectivity index (χ1) is 25.3. The van der Waals surface area contributed by atoms with Crippen molar-refractivity contribution in [2.75, 3.05) is 117 Å². The topological polar surface area (TPSA) is 137 Å². The average molecular weight is 723 g/mol. The van der Waals surface area contributed by atoms with Crippen LogP contribution in [0.3, 0.4) is 0 Å². The molecule has 0 saturated carbocycles. The quantitative estimate of drug-likeness (QED) is 0.384. The fourth-order valence-electron chi connectivity index (χ4n) is 6.20. The van der Waals surface area contributed by atoms with Gasteiger partial charge < -0.3 is 33.9 Å². The number of nitrogens with zero attached hydrogens (tertiary/aromatic N) is 5. The number of morpholine rings is 1. The largest absolute Gasteiger partial charge is 0.378 e. The molecule has 0 bridgehead atoms. The zero-order valence-corrected chi connectivity index (χ0v) is 30.9. The summed E-state index contributed by atoms with van der Waals surface area (Å²) in [4.78, 5) is 50.9. The van der Waals surface area contributed by atoms with Crippen molar-refractivity contribution >= 4 is 28.4 Å². The molecule has 284 valence electrons. The highest BCUT2D eigenvalue weighted by atomic mass is 16.5. The number of hydrogen-bond donors (Lipinski definition) is 1. The second kappa shape index (κ2) is 20.5. The van der Waals surface area contributed by atoms with Crippen molar-refractivity contribution in [1.29, 1.82) is 0 Å². The van der Waals surface area contributed by atoms with Gasteiger partial charge in [-0.05, 0) is 49.6 Å². The maximum Gasteiger partial charge on any atom is 0.261 e. The van der Waals surface area contributed by atoms with E-state index in [-0.39, 0.29) is 30.5 Å². The van der Waals surface area contributed by atoms with E-state index in [1.54, 1.807) is 11.0 Å². The third kappa shape index (κ3) is 11.6. The van der Waals surface area contributed by atoms with Crippen molar-refractivity contribution < 1.29 is 33.3 Å². The lowest BCUT2D eigenvalue weighted by atomic mass is 10.1. The van der Waals surface area contributed by atoms with E-state index in [1.165, 1.54) is 4.57 Å². The predicted octanol–water partition coefficient (Wildman–Crippen LogP) is 2.00. The SMILES string of the molecule is Cc1cccc(NC(=O)CN2CCOCCOCCN(Cc3nc4c(C)cccc4c(=O)n3CC(=O)N3CCOCC3)CCOCCOCC2)c1C. The third-order valence-electron chi connectivity index (χ3n) is 9.49. The smallest absolute Gasteiger partial charge is 0.261 e. The van der Waals surface area contributed by atoms with Crippen LogP contribution < -0.4 is 10.9 Å². The number of carbonyl (C=O) groups excluding carboxylic acids is 2. The Balaban J connectivity index is 1.18. The van der Waals surface area contributed by atoms with Gasteiger partial charge in [-0.15, -0.1) is 0 Å². The zero-order valence-electron chi connectivity index (χ0n) is 30.9. The lowest BCUT2D eigenvalue weighted by Gasteiger charge is -2.28. The van der Waals surface area contributed by atoms with E-state index in [0.29, 0.717) is 129 Å². The van der Waals surface area contributed by atoms with Gasteiger partial charge in [-0.3, -0.25) is 28.8 Å². The summed E-state index contributed by atoms with van der Waals surface area (Å²) in [6.07, 6.45) is 0. The van der Waals surface area contributed by atoms with Gasteiger partial charge in [-0.2, -0.15) is 0 Å². The Morgan fingerprint density at radius 1 is 0.673 bits per heavy atom. The highest BCUT2D eigenvalue weighted by Gasteiger charge is 2.22. The number of rotatable bonds is 7. The van der Waals surface area contributed by atoms with Crippen molar-refractivity contribution in [3.63, 3.8) is 0 Å². The molecule has 52 heavy (non-hydrogen) atoms. The van der Waals surface area contributed by atoms with E-state index < -0.39 is 0 Å². The van der Waals surface area contributed by atoms with Crippen LogP contribution in [0.15, 0.2) is 41.2 Å². The number of anilines is 1. The minimum absolute atomic E-state index is 0.0817. The van der Waals surface area contributed by atoms with Crippen LogP contribution in [0.25, 0.3) is 10.9 Å². The number of amides is 2. The number of aromatic nitrogens is 2. The summed E-state index contributed by atoms with van der Waals surface area (Å²) in [6, 6.07) is 11.4. The van der Waals surface area contributed by atoms with Gasteiger partial charge in [0.2, 0.25) is 11.8 Å². The molecule has 2 aliphatic heterocycles. The molecule has 2 aliphatic rings. The van der Waals surface area contributed by atoms with Gasteiger partial charge in [0, 0.05) is 45.0 Å². The Kier molecular flexibility index (Phi) is 15.5. The normalized spacial score (nSPS) is 18.5. The molecule has 2 saturated heterocycles. The molecule has 1 aromatic heterocycles. The molecule has 3 heterocycles. The van der Waals surface area contributed by atoms with Crippen LogP contribution in [0, 0.1) is 20.8 Å². The van der Waals surface area contributed by atoms with Gasteiger partial charge in [-0.25, -0.2) is 4.98 Å². The van der Waals surface area contributed by atoms with Crippen LogP contribution in [-0.2, 0) is 46.4 Å². The summed E-state index contributed by atoms with van der Waals surface area (Å²) >= 11 is 0. The highest BCUT2D eigenvalue weighted by Crippen LogP contribution is 2.18. The molecule has 0 spiro atoms. The third-order valence-corrected chi connectivity index (χ3v) is 9.49. The molecule has 5 rings (SSSR count). The molecule has 1 N–H and O–H groups in total. The molecule has 0 unspecified atom stereocenters. The minimum atomic E-state index is -0.228. The average Bonchev–Trinajstić information content (AvgIpc) is 3.14. The van der Waals surface area contributed by atoms with Crippen LogP contribution in [0.5, 0.6) is 0 Å². The van der Waals surface area contributed by atoms with E-state index in [1.807, 2.05) is 56.0 Å². The molecular formula is C38H54N6O8.